The van der Waals surface area contributed by atoms with Gasteiger partial charge in [0.1, 0.15) is 0 Å². The summed E-state index contributed by atoms with van der Waals surface area (Å²) in [5, 5.41) is 2.88. The second kappa shape index (κ2) is 7.88. The Morgan fingerprint density at radius 3 is 2.36 bits per heavy atom. The van der Waals surface area contributed by atoms with E-state index in [9.17, 15) is 9.59 Å². The van der Waals surface area contributed by atoms with Crippen molar-refractivity contribution in [3.8, 4) is 0 Å². The van der Waals surface area contributed by atoms with Crippen LogP contribution in [0.15, 0.2) is 42.9 Å². The van der Waals surface area contributed by atoms with Gasteiger partial charge in [0.15, 0.2) is 5.82 Å². The number of carbonyl (C=O) groups is 2. The molecule has 0 aliphatic heterocycles. The summed E-state index contributed by atoms with van der Waals surface area (Å²) in [5.41, 5.74) is 1.55. The molecule has 0 saturated heterocycles. The third-order valence-electron chi connectivity index (χ3n) is 3.55. The van der Waals surface area contributed by atoms with E-state index in [2.05, 4.69) is 15.3 Å². The van der Waals surface area contributed by atoms with E-state index in [4.69, 9.17) is 0 Å². The van der Waals surface area contributed by atoms with Gasteiger partial charge in [0.25, 0.3) is 0 Å². The highest BCUT2D eigenvalue weighted by Crippen LogP contribution is 2.20. The Hall–Kier alpha value is -2.76. The third-order valence-corrected chi connectivity index (χ3v) is 3.55. The lowest BCUT2D eigenvalue weighted by Crippen LogP contribution is -2.28. The van der Waals surface area contributed by atoms with Crippen LogP contribution in [-0.4, -0.2) is 28.8 Å². The molecule has 1 heterocycles. The first-order valence-corrected chi connectivity index (χ1v) is 8.16. The Bertz CT molecular complexity index is 721. The molecule has 6 heteroatoms. The number of benzene rings is 1. The van der Waals surface area contributed by atoms with E-state index >= 15 is 0 Å². The number of nitrogens with zero attached hydrogens (tertiary/aromatic N) is 3. The van der Waals surface area contributed by atoms with Gasteiger partial charge in [-0.3, -0.25) is 19.5 Å². The molecule has 0 fully saturated rings. The summed E-state index contributed by atoms with van der Waals surface area (Å²) < 4.78 is 0. The van der Waals surface area contributed by atoms with Crippen LogP contribution < -0.4 is 10.2 Å². The zero-order valence-electron chi connectivity index (χ0n) is 15.1. The molecule has 0 atom stereocenters. The summed E-state index contributed by atoms with van der Waals surface area (Å²) in [4.78, 5) is 33.8. The van der Waals surface area contributed by atoms with Gasteiger partial charge >= 0.3 is 0 Å². The largest absolute Gasteiger partial charge is 0.326 e. The van der Waals surface area contributed by atoms with Crippen molar-refractivity contribution in [2.24, 2.45) is 5.41 Å². The first-order chi connectivity index (χ1) is 11.7. The van der Waals surface area contributed by atoms with Gasteiger partial charge in [-0.2, -0.15) is 0 Å². The van der Waals surface area contributed by atoms with Crippen molar-refractivity contribution in [2.75, 3.05) is 17.3 Å². The van der Waals surface area contributed by atoms with Gasteiger partial charge in [0, 0.05) is 31.5 Å². The zero-order chi connectivity index (χ0) is 18.4. The minimum Gasteiger partial charge on any atom is -0.326 e. The number of aromatic nitrogens is 2. The van der Waals surface area contributed by atoms with Gasteiger partial charge in [-0.25, -0.2) is 4.98 Å². The molecule has 2 amide bonds. The van der Waals surface area contributed by atoms with Crippen LogP contribution in [0.1, 0.15) is 32.8 Å². The van der Waals surface area contributed by atoms with E-state index in [0.717, 1.165) is 11.3 Å². The lowest BCUT2D eigenvalue weighted by atomic mass is 9.92. The third kappa shape index (κ3) is 5.99. The van der Waals surface area contributed by atoms with Gasteiger partial charge in [0.2, 0.25) is 11.8 Å². The van der Waals surface area contributed by atoms with Crippen LogP contribution in [0.25, 0.3) is 0 Å². The van der Waals surface area contributed by atoms with E-state index in [1.807, 2.05) is 45.0 Å². The number of nitrogens with one attached hydrogen (secondary N) is 1. The number of likely N-dealkylation sites (N-methyl/N-ethyl adjacent to an activating group) is 1. The van der Waals surface area contributed by atoms with Crippen molar-refractivity contribution in [3.05, 3.63) is 48.4 Å². The number of amides is 2. The Kier molecular flexibility index (Phi) is 5.85. The van der Waals surface area contributed by atoms with Crippen LogP contribution in [0.5, 0.6) is 0 Å². The predicted octanol–water partition coefficient (Wildman–Crippen LogP) is 3.06. The number of hydrogen-bond acceptors (Lipinski definition) is 4. The topological polar surface area (TPSA) is 75.2 Å². The number of hydrogen-bond donors (Lipinski definition) is 1. The molecule has 1 aromatic carbocycles. The maximum atomic E-state index is 12.3. The first-order valence-electron chi connectivity index (χ1n) is 8.16. The molecule has 0 unspecified atom stereocenters. The Morgan fingerprint density at radius 2 is 1.80 bits per heavy atom. The van der Waals surface area contributed by atoms with Gasteiger partial charge in [-0.1, -0.05) is 32.9 Å². The molecule has 0 bridgehead atoms. The Balaban J connectivity index is 1.94. The number of anilines is 2. The van der Waals surface area contributed by atoms with Crippen molar-refractivity contribution in [1.29, 1.82) is 0 Å². The predicted molar refractivity (Wildman–Crippen MR) is 98.3 cm³/mol. The van der Waals surface area contributed by atoms with E-state index in [0.29, 0.717) is 12.2 Å². The average molecular weight is 340 g/mol. The van der Waals surface area contributed by atoms with Gasteiger partial charge in [0.05, 0.1) is 12.6 Å². The van der Waals surface area contributed by atoms with Crippen LogP contribution in [0.2, 0.25) is 0 Å². The van der Waals surface area contributed by atoms with Crippen LogP contribution in [-0.2, 0) is 16.0 Å². The molecule has 0 spiro atoms. The van der Waals surface area contributed by atoms with E-state index in [-0.39, 0.29) is 23.7 Å². The lowest BCUT2D eigenvalue weighted by molar-refractivity contribution is -0.118. The highest BCUT2D eigenvalue weighted by molar-refractivity contribution is 5.93. The van der Waals surface area contributed by atoms with E-state index in [1.54, 1.807) is 25.6 Å². The summed E-state index contributed by atoms with van der Waals surface area (Å²) in [7, 11) is 1.67. The average Bonchev–Trinajstić information content (AvgIpc) is 2.55. The SMILES string of the molecule is CN(C(=O)Cc1ccc(NC(=O)CC(C)(C)C)cc1)c1cnccn1. The molecule has 0 saturated carbocycles. The van der Waals surface area contributed by atoms with Gasteiger partial charge in [-0.15, -0.1) is 0 Å². The summed E-state index contributed by atoms with van der Waals surface area (Å²) in [6.07, 6.45) is 5.37. The molecular weight excluding hydrogens is 316 g/mol. The molecule has 2 aromatic rings. The number of rotatable bonds is 5. The molecule has 132 valence electrons. The molecule has 1 aromatic heterocycles. The van der Waals surface area contributed by atoms with Crippen LogP contribution in [0.3, 0.4) is 0 Å². The molecular formula is C19H24N4O2. The highest BCUT2D eigenvalue weighted by atomic mass is 16.2. The highest BCUT2D eigenvalue weighted by Gasteiger charge is 2.16. The summed E-state index contributed by atoms with van der Waals surface area (Å²) in [6.45, 7) is 6.07. The van der Waals surface area contributed by atoms with Crippen molar-refractivity contribution >= 4 is 23.3 Å². The lowest BCUT2D eigenvalue weighted by Gasteiger charge is -2.17. The van der Waals surface area contributed by atoms with Crippen LogP contribution in [0, 0.1) is 5.41 Å². The van der Waals surface area contributed by atoms with Crippen molar-refractivity contribution in [1.82, 2.24) is 9.97 Å². The van der Waals surface area contributed by atoms with Crippen LogP contribution in [0.4, 0.5) is 11.5 Å². The number of carbonyl (C=O) groups excluding carboxylic acids is 2. The molecule has 25 heavy (non-hydrogen) atoms. The van der Waals surface area contributed by atoms with Gasteiger partial charge in [-0.05, 0) is 23.1 Å². The molecule has 2 rings (SSSR count). The van der Waals surface area contributed by atoms with Crippen LogP contribution >= 0.6 is 0 Å². The Morgan fingerprint density at radius 1 is 1.12 bits per heavy atom. The van der Waals surface area contributed by atoms with E-state index < -0.39 is 0 Å². The minimum atomic E-state index is -0.0787. The molecule has 1 N–H and O–H groups in total. The fourth-order valence-corrected chi connectivity index (χ4v) is 2.28. The maximum absolute atomic E-state index is 12.3. The second-order valence-corrected chi connectivity index (χ2v) is 7.18. The molecule has 6 nitrogen and oxygen atoms in total. The van der Waals surface area contributed by atoms with Crippen molar-refractivity contribution in [3.63, 3.8) is 0 Å². The molecule has 0 aliphatic carbocycles. The fraction of sp³-hybridized carbons (Fsp3) is 0.368. The molecule has 0 radical (unpaired) electrons. The summed E-state index contributed by atoms with van der Waals surface area (Å²) in [5.74, 6) is 0.419. The zero-order valence-corrected chi connectivity index (χ0v) is 15.1. The first kappa shape index (κ1) is 18.6. The van der Waals surface area contributed by atoms with Crippen molar-refractivity contribution in [2.45, 2.75) is 33.6 Å². The molecule has 0 aliphatic rings. The standard InChI is InChI=1S/C19H24N4O2/c1-19(2,3)12-17(24)22-15-7-5-14(6-8-15)11-18(25)23(4)16-13-20-9-10-21-16/h5-10,13H,11-12H2,1-4H3,(H,22,24). The quantitative estimate of drug-likeness (QED) is 0.908. The van der Waals surface area contributed by atoms with E-state index in [1.165, 1.54) is 4.90 Å². The summed E-state index contributed by atoms with van der Waals surface area (Å²) >= 11 is 0. The smallest absolute Gasteiger partial charge is 0.232 e. The minimum absolute atomic E-state index is 0.0151. The van der Waals surface area contributed by atoms with Crippen molar-refractivity contribution < 1.29 is 9.59 Å². The normalized spacial score (nSPS) is 11.0. The van der Waals surface area contributed by atoms with Gasteiger partial charge < -0.3 is 5.32 Å². The second-order valence-electron chi connectivity index (χ2n) is 7.18. The maximum Gasteiger partial charge on any atom is 0.232 e. The Labute approximate surface area is 148 Å². The monoisotopic (exact) mass is 340 g/mol. The summed E-state index contributed by atoms with van der Waals surface area (Å²) in [6, 6.07) is 7.31. The fourth-order valence-electron chi connectivity index (χ4n) is 2.28.